The number of hydrogen-bond donors (Lipinski definition) is 1. The summed E-state index contributed by atoms with van der Waals surface area (Å²) in [7, 11) is 1.67. The molecular weight excluding hydrogens is 242 g/mol. The Hall–Kier alpha value is -1.45. The van der Waals surface area contributed by atoms with Crippen molar-refractivity contribution in [1.29, 1.82) is 0 Å². The number of hydrogen-bond acceptors (Lipinski definition) is 3. The van der Waals surface area contributed by atoms with Crippen molar-refractivity contribution in [1.82, 2.24) is 0 Å². The normalized spacial score (nSPS) is 12.1. The minimum absolute atomic E-state index is 0.0427. The zero-order chi connectivity index (χ0) is 12.8. The van der Waals surface area contributed by atoms with Gasteiger partial charge in [0.15, 0.2) is 0 Å². The number of rotatable bonds is 5. The lowest BCUT2D eigenvalue weighted by Gasteiger charge is -2.12. The van der Waals surface area contributed by atoms with Gasteiger partial charge >= 0.3 is 0 Å². The third-order valence-corrected chi connectivity index (χ3v) is 3.85. The lowest BCUT2D eigenvalue weighted by Crippen LogP contribution is -2.12. The minimum Gasteiger partial charge on any atom is -0.497 e. The monoisotopic (exact) mass is 259 g/mol. The SMILES string of the molecule is COc1ccc(C(N)CSc2ccccc2)cc1. The van der Waals surface area contributed by atoms with Crippen molar-refractivity contribution in [2.75, 3.05) is 12.9 Å². The van der Waals surface area contributed by atoms with Crippen LogP contribution in [0.4, 0.5) is 0 Å². The summed E-state index contributed by atoms with van der Waals surface area (Å²) in [5.41, 5.74) is 7.31. The highest BCUT2D eigenvalue weighted by atomic mass is 32.2. The van der Waals surface area contributed by atoms with Crippen molar-refractivity contribution in [2.24, 2.45) is 5.73 Å². The van der Waals surface area contributed by atoms with Crippen LogP contribution in [0.1, 0.15) is 11.6 Å². The van der Waals surface area contributed by atoms with E-state index in [4.69, 9.17) is 10.5 Å². The number of methoxy groups -OCH3 is 1. The Labute approximate surface area is 112 Å². The Morgan fingerprint density at radius 1 is 1.06 bits per heavy atom. The summed E-state index contributed by atoms with van der Waals surface area (Å²) in [6.07, 6.45) is 0. The molecule has 2 rings (SSSR count). The molecule has 0 spiro atoms. The Morgan fingerprint density at radius 3 is 2.33 bits per heavy atom. The van der Waals surface area contributed by atoms with E-state index < -0.39 is 0 Å². The summed E-state index contributed by atoms with van der Waals surface area (Å²) >= 11 is 1.78. The minimum atomic E-state index is 0.0427. The molecule has 0 aliphatic rings. The summed E-state index contributed by atoms with van der Waals surface area (Å²) in [6, 6.07) is 18.3. The van der Waals surface area contributed by atoms with Crippen LogP contribution in [0.5, 0.6) is 5.75 Å². The molecule has 3 heteroatoms. The van der Waals surface area contributed by atoms with Crippen LogP contribution in [-0.2, 0) is 0 Å². The lowest BCUT2D eigenvalue weighted by molar-refractivity contribution is 0.414. The van der Waals surface area contributed by atoms with Crippen LogP contribution in [0.15, 0.2) is 59.5 Å². The zero-order valence-corrected chi connectivity index (χ0v) is 11.2. The van der Waals surface area contributed by atoms with E-state index in [9.17, 15) is 0 Å². The van der Waals surface area contributed by atoms with Crippen LogP contribution >= 0.6 is 11.8 Å². The zero-order valence-electron chi connectivity index (χ0n) is 10.4. The van der Waals surface area contributed by atoms with E-state index in [0.29, 0.717) is 0 Å². The van der Waals surface area contributed by atoms with Crippen LogP contribution in [0.25, 0.3) is 0 Å². The second-order valence-electron chi connectivity index (χ2n) is 4.00. The van der Waals surface area contributed by atoms with Gasteiger partial charge in [-0.2, -0.15) is 0 Å². The molecule has 0 radical (unpaired) electrons. The van der Waals surface area contributed by atoms with Gasteiger partial charge in [-0.15, -0.1) is 11.8 Å². The maximum absolute atomic E-state index is 6.17. The molecule has 0 saturated heterocycles. The number of nitrogens with two attached hydrogens (primary N) is 1. The second-order valence-corrected chi connectivity index (χ2v) is 5.10. The molecule has 0 saturated carbocycles. The molecule has 0 aliphatic carbocycles. The summed E-state index contributed by atoms with van der Waals surface area (Å²) in [5, 5.41) is 0. The van der Waals surface area contributed by atoms with E-state index in [2.05, 4.69) is 12.1 Å². The molecule has 0 aliphatic heterocycles. The summed E-state index contributed by atoms with van der Waals surface area (Å²) in [5.74, 6) is 1.73. The molecule has 1 atom stereocenters. The van der Waals surface area contributed by atoms with Crippen LogP contribution in [0.2, 0.25) is 0 Å². The molecule has 94 valence electrons. The third kappa shape index (κ3) is 3.52. The second kappa shape index (κ2) is 6.47. The van der Waals surface area contributed by atoms with Crippen LogP contribution < -0.4 is 10.5 Å². The van der Waals surface area contributed by atoms with Crippen molar-refractivity contribution in [3.05, 3.63) is 60.2 Å². The molecule has 0 fully saturated rings. The number of benzene rings is 2. The Kier molecular flexibility index (Phi) is 4.67. The van der Waals surface area contributed by atoms with Gasteiger partial charge in [-0.1, -0.05) is 30.3 Å². The standard InChI is InChI=1S/C15H17NOS/c1-17-13-9-7-12(8-10-13)15(16)11-18-14-5-3-2-4-6-14/h2-10,15H,11,16H2,1H3. The van der Waals surface area contributed by atoms with Crippen molar-refractivity contribution in [3.63, 3.8) is 0 Å². The van der Waals surface area contributed by atoms with Crippen LogP contribution in [0, 0.1) is 0 Å². The van der Waals surface area contributed by atoms with Crippen molar-refractivity contribution < 1.29 is 4.74 Å². The van der Waals surface area contributed by atoms with Gasteiger partial charge in [0.05, 0.1) is 7.11 Å². The molecule has 2 nitrogen and oxygen atoms in total. The van der Waals surface area contributed by atoms with Gasteiger partial charge in [-0.05, 0) is 29.8 Å². The summed E-state index contributed by atoms with van der Waals surface area (Å²) in [6.45, 7) is 0. The topological polar surface area (TPSA) is 35.2 Å². The Balaban J connectivity index is 1.93. The van der Waals surface area contributed by atoms with Gasteiger partial charge in [0, 0.05) is 16.7 Å². The first kappa shape index (κ1) is 13.0. The van der Waals surface area contributed by atoms with Gasteiger partial charge in [-0.3, -0.25) is 0 Å². The third-order valence-electron chi connectivity index (χ3n) is 2.72. The maximum Gasteiger partial charge on any atom is 0.118 e. The van der Waals surface area contributed by atoms with E-state index in [0.717, 1.165) is 17.1 Å². The van der Waals surface area contributed by atoms with E-state index in [1.807, 2.05) is 42.5 Å². The first-order valence-electron chi connectivity index (χ1n) is 5.87. The van der Waals surface area contributed by atoms with Crippen molar-refractivity contribution in [3.8, 4) is 5.75 Å². The molecule has 2 N–H and O–H groups in total. The van der Waals surface area contributed by atoms with E-state index in [-0.39, 0.29) is 6.04 Å². The lowest BCUT2D eigenvalue weighted by atomic mass is 10.1. The van der Waals surface area contributed by atoms with E-state index in [1.165, 1.54) is 4.90 Å². The predicted molar refractivity (Wildman–Crippen MR) is 77.1 cm³/mol. The van der Waals surface area contributed by atoms with E-state index in [1.54, 1.807) is 18.9 Å². The van der Waals surface area contributed by atoms with Gasteiger partial charge in [0.2, 0.25) is 0 Å². The fourth-order valence-corrected chi connectivity index (χ4v) is 2.56. The molecular formula is C15H17NOS. The van der Waals surface area contributed by atoms with Gasteiger partial charge < -0.3 is 10.5 Å². The first-order chi connectivity index (χ1) is 8.79. The Morgan fingerprint density at radius 2 is 1.72 bits per heavy atom. The largest absolute Gasteiger partial charge is 0.497 e. The molecule has 0 amide bonds. The molecule has 0 bridgehead atoms. The fourth-order valence-electron chi connectivity index (χ4n) is 1.65. The predicted octanol–water partition coefficient (Wildman–Crippen LogP) is 3.49. The highest BCUT2D eigenvalue weighted by molar-refractivity contribution is 7.99. The van der Waals surface area contributed by atoms with Crippen LogP contribution in [-0.4, -0.2) is 12.9 Å². The van der Waals surface area contributed by atoms with E-state index >= 15 is 0 Å². The summed E-state index contributed by atoms with van der Waals surface area (Å²) in [4.78, 5) is 1.25. The quantitative estimate of drug-likeness (QED) is 0.835. The molecule has 18 heavy (non-hydrogen) atoms. The van der Waals surface area contributed by atoms with Gasteiger partial charge in [0.1, 0.15) is 5.75 Å². The maximum atomic E-state index is 6.17. The van der Waals surface area contributed by atoms with Gasteiger partial charge in [-0.25, -0.2) is 0 Å². The van der Waals surface area contributed by atoms with Crippen molar-refractivity contribution in [2.45, 2.75) is 10.9 Å². The van der Waals surface area contributed by atoms with Gasteiger partial charge in [0.25, 0.3) is 0 Å². The summed E-state index contributed by atoms with van der Waals surface area (Å²) < 4.78 is 5.13. The Bertz CT molecular complexity index is 470. The first-order valence-corrected chi connectivity index (χ1v) is 6.85. The van der Waals surface area contributed by atoms with Crippen molar-refractivity contribution >= 4 is 11.8 Å². The highest BCUT2D eigenvalue weighted by Crippen LogP contribution is 2.24. The molecule has 1 unspecified atom stereocenters. The highest BCUT2D eigenvalue weighted by Gasteiger charge is 2.06. The number of ether oxygens (including phenoxy) is 1. The van der Waals surface area contributed by atoms with Crippen LogP contribution in [0.3, 0.4) is 0 Å². The molecule has 2 aromatic carbocycles. The fraction of sp³-hybridized carbons (Fsp3) is 0.200. The molecule has 2 aromatic rings. The molecule has 0 aromatic heterocycles. The average molecular weight is 259 g/mol. The average Bonchev–Trinajstić information content (AvgIpc) is 2.46. The molecule has 0 heterocycles. The smallest absolute Gasteiger partial charge is 0.118 e. The number of thioether (sulfide) groups is 1.